The number of sulfonamides is 1. The molecule has 12 heteroatoms. The Morgan fingerprint density at radius 2 is 1.82 bits per heavy atom. The largest absolute Gasteiger partial charge is 0.484 e. The summed E-state index contributed by atoms with van der Waals surface area (Å²) in [7, 11) is -4.53. The van der Waals surface area contributed by atoms with Crippen LogP contribution in [0.5, 0.6) is 5.75 Å². The first kappa shape index (κ1) is 29.4. The Bertz CT molecular complexity index is 1570. The molecule has 1 N–H and O–H groups in total. The van der Waals surface area contributed by atoms with Gasteiger partial charge in [-0.15, -0.1) is 0 Å². The lowest BCUT2D eigenvalue weighted by molar-refractivity contribution is -0.137. The van der Waals surface area contributed by atoms with Crippen LogP contribution < -0.4 is 14.4 Å². The highest BCUT2D eigenvalue weighted by Gasteiger charge is 2.38. The van der Waals surface area contributed by atoms with Crippen LogP contribution in [0.2, 0.25) is 5.02 Å². The molecule has 0 aliphatic carbocycles. The van der Waals surface area contributed by atoms with Crippen LogP contribution in [0, 0.1) is 5.82 Å². The normalized spacial score (nSPS) is 16.6. The number of benzene rings is 3. The molecule has 2 unspecified atom stereocenters. The Balaban J connectivity index is 1.83. The number of halogens is 5. The summed E-state index contributed by atoms with van der Waals surface area (Å²) in [5.74, 6) is -0.759. The molecule has 0 bridgehead atoms. The van der Waals surface area contributed by atoms with Crippen molar-refractivity contribution in [3.05, 3.63) is 88.2 Å². The zero-order valence-corrected chi connectivity index (χ0v) is 23.2. The van der Waals surface area contributed by atoms with Crippen molar-refractivity contribution in [2.75, 3.05) is 10.8 Å². The van der Waals surface area contributed by atoms with Crippen molar-refractivity contribution in [3.8, 4) is 5.75 Å². The van der Waals surface area contributed by atoms with Crippen molar-refractivity contribution >= 4 is 44.9 Å². The number of ether oxygens (including phenoxy) is 1. The van der Waals surface area contributed by atoms with Crippen molar-refractivity contribution in [1.29, 1.82) is 0 Å². The summed E-state index contributed by atoms with van der Waals surface area (Å²) in [4.78, 5) is 11.1. The van der Waals surface area contributed by atoms with Crippen LogP contribution in [0.1, 0.15) is 37.5 Å². The van der Waals surface area contributed by atoms with Crippen LogP contribution in [-0.2, 0) is 21.0 Å². The van der Waals surface area contributed by atoms with E-state index in [2.05, 4.69) is 5.32 Å². The Morgan fingerprint density at radius 1 is 1.12 bits per heavy atom. The number of alkyl halides is 3. The van der Waals surface area contributed by atoms with Crippen LogP contribution in [0.3, 0.4) is 0 Å². The molecule has 0 saturated heterocycles. The molecule has 6 nitrogen and oxygen atoms in total. The average molecular weight is 597 g/mol. The molecule has 0 fully saturated rings. The summed E-state index contributed by atoms with van der Waals surface area (Å²) < 4.78 is 89.2. The van der Waals surface area contributed by atoms with Crippen LogP contribution >= 0.6 is 11.6 Å². The van der Waals surface area contributed by atoms with Crippen molar-refractivity contribution in [1.82, 2.24) is 5.32 Å². The number of allylic oxidation sites excluding steroid dienone is 1. The fraction of sp³-hybridized carbons (Fsp3) is 0.250. The van der Waals surface area contributed by atoms with E-state index in [0.29, 0.717) is 17.2 Å². The minimum atomic E-state index is -4.75. The van der Waals surface area contributed by atoms with E-state index in [1.54, 1.807) is 26.0 Å². The second-order valence-electron chi connectivity index (χ2n) is 9.36. The molecule has 0 saturated carbocycles. The molecule has 212 valence electrons. The number of carbonyl (C=O) groups is 1. The van der Waals surface area contributed by atoms with Gasteiger partial charge >= 0.3 is 6.18 Å². The molecule has 1 aliphatic rings. The molecule has 1 heterocycles. The molecule has 4 rings (SSSR count). The van der Waals surface area contributed by atoms with Crippen LogP contribution in [0.25, 0.3) is 11.6 Å². The number of rotatable bonds is 6. The van der Waals surface area contributed by atoms with Crippen LogP contribution in [0.15, 0.2) is 65.6 Å². The smallest absolute Gasteiger partial charge is 0.416 e. The molecular formula is C28H25ClF4N2O4S. The number of hydrogen-bond donors (Lipinski definition) is 1. The van der Waals surface area contributed by atoms with E-state index >= 15 is 0 Å². The standard InChI is InChI=1S/C28H25ClF4N2O4S/c1-16(27-22(29)8-5-9-23(27)30)12-19-10-11-25-24(13-19)35(15-26(39-25)17(2)34-18(3)36)40(37,38)21-7-4-6-20(14-21)28(31,32)33/h4-14,17,26H,15H2,1-3H3,(H,34,36). The lowest BCUT2D eigenvalue weighted by atomic mass is 10.0. The van der Waals surface area contributed by atoms with E-state index in [1.807, 2.05) is 0 Å². The van der Waals surface area contributed by atoms with E-state index < -0.39 is 44.6 Å². The lowest BCUT2D eigenvalue weighted by Gasteiger charge is -2.38. The molecule has 3 aromatic rings. The van der Waals surface area contributed by atoms with E-state index in [4.69, 9.17) is 16.3 Å². The second-order valence-corrected chi connectivity index (χ2v) is 11.6. The Morgan fingerprint density at radius 3 is 2.48 bits per heavy atom. The van der Waals surface area contributed by atoms with Gasteiger partial charge in [-0.25, -0.2) is 12.8 Å². The Hall–Kier alpha value is -3.57. The Labute approximate surface area is 234 Å². The molecule has 1 aliphatic heterocycles. The summed E-state index contributed by atoms with van der Waals surface area (Å²) in [6.07, 6.45) is -4.00. The number of fused-ring (bicyclic) bond motifs is 1. The first-order valence-corrected chi connectivity index (χ1v) is 13.9. The fourth-order valence-corrected chi connectivity index (χ4v) is 6.28. The van der Waals surface area contributed by atoms with Crippen molar-refractivity contribution in [2.45, 2.75) is 44.0 Å². The fourth-order valence-electron chi connectivity index (χ4n) is 4.44. The molecule has 0 radical (unpaired) electrons. The summed E-state index contributed by atoms with van der Waals surface area (Å²) in [6.45, 7) is 4.28. The third-order valence-electron chi connectivity index (χ3n) is 6.35. The molecule has 0 aromatic heterocycles. The van der Waals surface area contributed by atoms with Crippen molar-refractivity contribution < 1.29 is 35.5 Å². The number of amides is 1. The SMILES string of the molecule is CC(=O)NC(C)C1CN(S(=O)(=O)c2cccc(C(F)(F)F)c2)c2cc(C=C(C)c3c(F)cccc3Cl)ccc2O1. The van der Waals surface area contributed by atoms with Crippen LogP contribution in [0.4, 0.5) is 23.2 Å². The summed E-state index contributed by atoms with van der Waals surface area (Å²) in [5.41, 5.74) is 0.0703. The van der Waals surface area contributed by atoms with Gasteiger partial charge in [0, 0.05) is 12.5 Å². The van der Waals surface area contributed by atoms with E-state index in [-0.39, 0.29) is 34.5 Å². The first-order valence-electron chi connectivity index (χ1n) is 12.1. The van der Waals surface area contributed by atoms with Gasteiger partial charge in [-0.2, -0.15) is 13.2 Å². The van der Waals surface area contributed by atoms with Crippen molar-refractivity contribution in [2.24, 2.45) is 0 Å². The summed E-state index contributed by atoms with van der Waals surface area (Å²) >= 11 is 6.18. The predicted octanol–water partition coefficient (Wildman–Crippen LogP) is 6.54. The minimum Gasteiger partial charge on any atom is -0.484 e. The van der Waals surface area contributed by atoms with Gasteiger partial charge < -0.3 is 10.1 Å². The third-order valence-corrected chi connectivity index (χ3v) is 8.44. The number of nitrogens with one attached hydrogen (secondary N) is 1. The van der Waals surface area contributed by atoms with E-state index in [1.165, 1.54) is 37.3 Å². The van der Waals surface area contributed by atoms with Gasteiger partial charge in [0.2, 0.25) is 5.91 Å². The monoisotopic (exact) mass is 596 g/mol. The maximum atomic E-state index is 14.5. The first-order chi connectivity index (χ1) is 18.7. The number of nitrogens with zero attached hydrogens (tertiary/aromatic N) is 1. The lowest BCUT2D eigenvalue weighted by Crippen LogP contribution is -2.52. The van der Waals surface area contributed by atoms with Gasteiger partial charge in [-0.05, 0) is 67.4 Å². The number of hydrogen-bond acceptors (Lipinski definition) is 4. The van der Waals surface area contributed by atoms with Crippen LogP contribution in [-0.4, -0.2) is 33.0 Å². The average Bonchev–Trinajstić information content (AvgIpc) is 2.87. The minimum absolute atomic E-state index is 0.0740. The van der Waals surface area contributed by atoms with Gasteiger partial charge in [0.15, 0.2) is 0 Å². The maximum Gasteiger partial charge on any atom is 0.416 e. The molecule has 40 heavy (non-hydrogen) atoms. The predicted molar refractivity (Wildman–Crippen MR) is 145 cm³/mol. The number of anilines is 1. The highest BCUT2D eigenvalue weighted by molar-refractivity contribution is 7.92. The second kappa shape index (κ2) is 11.1. The summed E-state index contributed by atoms with van der Waals surface area (Å²) in [6, 6.07) is 11.7. The molecule has 3 aromatic carbocycles. The maximum absolute atomic E-state index is 14.5. The zero-order chi connectivity index (χ0) is 29.4. The molecule has 1 amide bonds. The topological polar surface area (TPSA) is 75.7 Å². The van der Waals surface area contributed by atoms with E-state index in [0.717, 1.165) is 22.5 Å². The van der Waals surface area contributed by atoms with Gasteiger partial charge in [0.1, 0.15) is 17.7 Å². The highest BCUT2D eigenvalue weighted by atomic mass is 35.5. The van der Waals surface area contributed by atoms with Gasteiger partial charge in [-0.1, -0.05) is 35.9 Å². The quantitative estimate of drug-likeness (QED) is 0.259. The summed E-state index contributed by atoms with van der Waals surface area (Å²) in [5, 5.41) is 2.85. The van der Waals surface area contributed by atoms with E-state index in [9.17, 15) is 30.8 Å². The molecular weight excluding hydrogens is 572 g/mol. The Kier molecular flexibility index (Phi) is 8.18. The molecule has 0 spiro atoms. The zero-order valence-electron chi connectivity index (χ0n) is 21.6. The number of carbonyl (C=O) groups excluding carboxylic acids is 1. The van der Waals surface area contributed by atoms with Gasteiger partial charge in [-0.3, -0.25) is 9.10 Å². The van der Waals surface area contributed by atoms with Gasteiger partial charge in [0.25, 0.3) is 10.0 Å². The van der Waals surface area contributed by atoms with Gasteiger partial charge in [0.05, 0.1) is 33.8 Å². The third kappa shape index (κ3) is 6.10. The highest BCUT2D eigenvalue weighted by Crippen LogP contribution is 2.40. The molecule has 2 atom stereocenters. The van der Waals surface area contributed by atoms with Crippen molar-refractivity contribution in [3.63, 3.8) is 0 Å².